The van der Waals surface area contributed by atoms with Gasteiger partial charge < -0.3 is 5.73 Å². The molecule has 0 spiro atoms. The van der Waals surface area contributed by atoms with Crippen LogP contribution in [0.2, 0.25) is 0 Å². The van der Waals surface area contributed by atoms with Gasteiger partial charge in [-0.15, -0.1) is 11.3 Å². The Hall–Kier alpha value is -2.06. The molecule has 0 fully saturated rings. The van der Waals surface area contributed by atoms with Crippen molar-refractivity contribution >= 4 is 48.7 Å². The fraction of sp³-hybridized carbons (Fsp3) is 0. The predicted molar refractivity (Wildman–Crippen MR) is 81.2 cm³/mol. The molecule has 0 saturated heterocycles. The number of fused-ring (bicyclic) bond motifs is 5. The Labute approximate surface area is 108 Å². The molecule has 0 aliphatic carbocycles. The van der Waals surface area contributed by atoms with Gasteiger partial charge in [-0.1, -0.05) is 42.5 Å². The third-order valence-electron chi connectivity index (χ3n) is 3.47. The topological polar surface area (TPSA) is 26.0 Å². The van der Waals surface area contributed by atoms with E-state index in [2.05, 4.69) is 48.5 Å². The molecule has 0 saturated carbocycles. The normalized spacial score (nSPS) is 11.6. The van der Waals surface area contributed by atoms with Crippen LogP contribution < -0.4 is 5.73 Å². The Morgan fingerprint density at radius 1 is 0.778 bits per heavy atom. The second-order valence-corrected chi connectivity index (χ2v) is 5.43. The highest BCUT2D eigenvalue weighted by atomic mass is 32.1. The summed E-state index contributed by atoms with van der Waals surface area (Å²) in [5, 5.41) is 8.32. The number of thiophene rings is 1. The van der Waals surface area contributed by atoms with Crippen LogP contribution in [0.4, 0.5) is 5.69 Å². The number of hydrogen-bond donors (Lipinski definition) is 1. The minimum absolute atomic E-state index is 0.886. The first-order chi connectivity index (χ1) is 8.84. The summed E-state index contributed by atoms with van der Waals surface area (Å²) in [4.78, 5) is 0. The molecule has 0 bridgehead atoms. The fourth-order valence-electron chi connectivity index (χ4n) is 2.65. The molecular formula is C16H11NS. The Morgan fingerprint density at radius 2 is 1.56 bits per heavy atom. The second-order valence-electron chi connectivity index (χ2n) is 4.51. The quantitative estimate of drug-likeness (QED) is 0.445. The van der Waals surface area contributed by atoms with Crippen LogP contribution in [0, 0.1) is 0 Å². The van der Waals surface area contributed by atoms with E-state index in [9.17, 15) is 0 Å². The van der Waals surface area contributed by atoms with E-state index in [0.717, 1.165) is 5.69 Å². The Kier molecular flexibility index (Phi) is 1.91. The third-order valence-corrected chi connectivity index (χ3v) is 4.44. The minimum Gasteiger partial charge on any atom is -0.398 e. The van der Waals surface area contributed by atoms with Crippen LogP contribution in [0.5, 0.6) is 0 Å². The van der Waals surface area contributed by atoms with Gasteiger partial charge >= 0.3 is 0 Å². The van der Waals surface area contributed by atoms with Gasteiger partial charge in [0.05, 0.1) is 5.69 Å². The van der Waals surface area contributed by atoms with Crippen LogP contribution in [0.1, 0.15) is 0 Å². The van der Waals surface area contributed by atoms with E-state index in [0.29, 0.717) is 0 Å². The van der Waals surface area contributed by atoms with Crippen LogP contribution >= 0.6 is 11.3 Å². The van der Waals surface area contributed by atoms with Crippen molar-refractivity contribution in [3.05, 3.63) is 53.9 Å². The molecule has 0 unspecified atom stereocenters. The molecule has 1 aromatic heterocycles. The molecule has 86 valence electrons. The average Bonchev–Trinajstić information content (AvgIpc) is 2.80. The standard InChI is InChI=1S/C16H11NS/c17-13-9-18-14-8-7-11-6-5-10-3-1-2-4-12(10)15(11)16(13)14/h1-9H,17H2. The summed E-state index contributed by atoms with van der Waals surface area (Å²) in [6, 6.07) is 17.2. The predicted octanol–water partition coefficient (Wildman–Crippen LogP) is 4.79. The summed E-state index contributed by atoms with van der Waals surface area (Å²) in [6.07, 6.45) is 0. The highest BCUT2D eigenvalue weighted by Gasteiger charge is 2.08. The summed E-state index contributed by atoms with van der Waals surface area (Å²) in [6.45, 7) is 0. The monoisotopic (exact) mass is 249 g/mol. The first kappa shape index (κ1) is 9.92. The molecule has 0 amide bonds. The van der Waals surface area contributed by atoms with Crippen LogP contribution in [-0.2, 0) is 0 Å². The summed E-state index contributed by atoms with van der Waals surface area (Å²) in [5.74, 6) is 0. The molecule has 0 radical (unpaired) electrons. The first-order valence-electron chi connectivity index (χ1n) is 5.92. The molecule has 2 heteroatoms. The zero-order valence-electron chi connectivity index (χ0n) is 9.68. The lowest BCUT2D eigenvalue weighted by atomic mass is 9.99. The van der Waals surface area contributed by atoms with Crippen LogP contribution in [0.25, 0.3) is 31.6 Å². The van der Waals surface area contributed by atoms with Crippen molar-refractivity contribution in [2.24, 2.45) is 0 Å². The summed E-state index contributed by atoms with van der Waals surface area (Å²) >= 11 is 1.71. The third kappa shape index (κ3) is 1.21. The molecule has 2 N–H and O–H groups in total. The second kappa shape index (κ2) is 3.47. The van der Waals surface area contributed by atoms with Crippen LogP contribution in [-0.4, -0.2) is 0 Å². The maximum absolute atomic E-state index is 6.14. The van der Waals surface area contributed by atoms with Crippen molar-refractivity contribution < 1.29 is 0 Å². The lowest BCUT2D eigenvalue weighted by Crippen LogP contribution is -1.83. The van der Waals surface area contributed by atoms with Gasteiger partial charge in [0, 0.05) is 20.9 Å². The zero-order chi connectivity index (χ0) is 12.1. The lowest BCUT2D eigenvalue weighted by Gasteiger charge is -2.06. The van der Waals surface area contributed by atoms with E-state index in [1.54, 1.807) is 11.3 Å². The van der Waals surface area contributed by atoms with Gasteiger partial charge in [0.2, 0.25) is 0 Å². The molecule has 4 rings (SSSR count). The highest BCUT2D eigenvalue weighted by molar-refractivity contribution is 7.18. The molecule has 4 aromatic rings. The van der Waals surface area contributed by atoms with E-state index in [4.69, 9.17) is 5.73 Å². The average molecular weight is 249 g/mol. The van der Waals surface area contributed by atoms with Crippen molar-refractivity contribution in [1.82, 2.24) is 0 Å². The number of rotatable bonds is 0. The van der Waals surface area contributed by atoms with E-state index in [-0.39, 0.29) is 0 Å². The SMILES string of the molecule is Nc1csc2ccc3ccc4ccccc4c3c12. The Morgan fingerprint density at radius 3 is 2.50 bits per heavy atom. The number of benzene rings is 3. The van der Waals surface area contributed by atoms with Gasteiger partial charge in [0.25, 0.3) is 0 Å². The molecule has 3 aromatic carbocycles. The molecular weight excluding hydrogens is 238 g/mol. The van der Waals surface area contributed by atoms with Gasteiger partial charge in [-0.25, -0.2) is 0 Å². The smallest absolute Gasteiger partial charge is 0.0509 e. The van der Waals surface area contributed by atoms with Crippen molar-refractivity contribution in [1.29, 1.82) is 0 Å². The molecule has 0 aliphatic rings. The lowest BCUT2D eigenvalue weighted by molar-refractivity contribution is 1.80. The van der Waals surface area contributed by atoms with Crippen molar-refractivity contribution in [3.8, 4) is 0 Å². The van der Waals surface area contributed by atoms with Crippen molar-refractivity contribution in [3.63, 3.8) is 0 Å². The van der Waals surface area contributed by atoms with Crippen molar-refractivity contribution in [2.75, 3.05) is 5.73 Å². The molecule has 18 heavy (non-hydrogen) atoms. The largest absolute Gasteiger partial charge is 0.398 e. The summed E-state index contributed by atoms with van der Waals surface area (Å²) in [5.41, 5.74) is 7.03. The Balaban J connectivity index is 2.41. The van der Waals surface area contributed by atoms with Gasteiger partial charge in [-0.2, -0.15) is 0 Å². The molecule has 0 atom stereocenters. The number of anilines is 1. The molecule has 0 aliphatic heterocycles. The van der Waals surface area contributed by atoms with Crippen LogP contribution in [0.15, 0.2) is 53.9 Å². The minimum atomic E-state index is 0.886. The summed E-state index contributed by atoms with van der Waals surface area (Å²) < 4.78 is 1.26. The highest BCUT2D eigenvalue weighted by Crippen LogP contribution is 2.38. The summed E-state index contributed by atoms with van der Waals surface area (Å²) in [7, 11) is 0. The van der Waals surface area contributed by atoms with E-state index >= 15 is 0 Å². The van der Waals surface area contributed by atoms with Gasteiger partial charge in [0.15, 0.2) is 0 Å². The first-order valence-corrected chi connectivity index (χ1v) is 6.80. The fourth-order valence-corrected chi connectivity index (χ4v) is 3.51. The number of hydrogen-bond acceptors (Lipinski definition) is 2. The van der Waals surface area contributed by atoms with E-state index in [1.165, 1.54) is 31.6 Å². The maximum Gasteiger partial charge on any atom is 0.0509 e. The maximum atomic E-state index is 6.14. The number of nitrogens with two attached hydrogens (primary N) is 1. The number of nitrogen functional groups attached to an aromatic ring is 1. The van der Waals surface area contributed by atoms with Crippen molar-refractivity contribution in [2.45, 2.75) is 0 Å². The van der Waals surface area contributed by atoms with Gasteiger partial charge in [-0.05, 0) is 22.2 Å². The Bertz CT molecular complexity index is 889. The van der Waals surface area contributed by atoms with Gasteiger partial charge in [0.1, 0.15) is 0 Å². The van der Waals surface area contributed by atoms with Crippen LogP contribution in [0.3, 0.4) is 0 Å². The van der Waals surface area contributed by atoms with E-state index < -0.39 is 0 Å². The van der Waals surface area contributed by atoms with Gasteiger partial charge in [-0.3, -0.25) is 0 Å². The molecule has 1 nitrogen and oxygen atoms in total. The zero-order valence-corrected chi connectivity index (χ0v) is 10.5. The molecule has 1 heterocycles. The van der Waals surface area contributed by atoms with E-state index in [1.807, 2.05) is 5.38 Å².